The van der Waals surface area contributed by atoms with Gasteiger partial charge in [-0.3, -0.25) is 4.79 Å². The van der Waals surface area contributed by atoms with Crippen LogP contribution in [0.3, 0.4) is 0 Å². The number of carbonyl (C=O) groups excluding carboxylic acids is 1. The molecule has 10 heteroatoms. The van der Waals surface area contributed by atoms with Crippen LogP contribution in [-0.4, -0.2) is 51.8 Å². The van der Waals surface area contributed by atoms with Gasteiger partial charge in [0.25, 0.3) is 0 Å². The summed E-state index contributed by atoms with van der Waals surface area (Å²) in [5, 5.41) is 9.32. The molecule has 180 valence electrons. The molecular weight excluding hydrogens is 460 g/mol. The van der Waals surface area contributed by atoms with Crippen LogP contribution in [0.5, 0.6) is 0 Å². The summed E-state index contributed by atoms with van der Waals surface area (Å²) in [6.45, 7) is 3.60. The summed E-state index contributed by atoms with van der Waals surface area (Å²) in [6.07, 6.45) is 3.44. The SMILES string of the molecule is CC(=O)c1c(N2CCOCC2)c2ccc(Nc3nccc(-n4ncc5ccccc54)n3)cc2oc1=O. The Morgan fingerprint density at radius 1 is 1.08 bits per heavy atom. The molecule has 6 rings (SSSR count). The first kappa shape index (κ1) is 21.9. The van der Waals surface area contributed by atoms with Crippen molar-refractivity contribution in [3.8, 4) is 5.82 Å². The molecule has 4 heterocycles. The molecule has 0 saturated carbocycles. The number of para-hydroxylation sites is 1. The predicted molar refractivity (Wildman–Crippen MR) is 135 cm³/mol. The van der Waals surface area contributed by atoms with Crippen LogP contribution in [0.1, 0.15) is 17.3 Å². The van der Waals surface area contributed by atoms with Crippen LogP contribution in [0.25, 0.3) is 27.7 Å². The van der Waals surface area contributed by atoms with Crippen molar-refractivity contribution in [2.24, 2.45) is 0 Å². The molecular formula is C26H22N6O4. The Morgan fingerprint density at radius 2 is 1.92 bits per heavy atom. The van der Waals surface area contributed by atoms with Gasteiger partial charge in [-0.25, -0.2) is 14.5 Å². The first-order chi connectivity index (χ1) is 17.6. The molecule has 1 aliphatic rings. The van der Waals surface area contributed by atoms with Crippen molar-refractivity contribution in [1.82, 2.24) is 19.7 Å². The molecule has 10 nitrogen and oxygen atoms in total. The maximum absolute atomic E-state index is 12.8. The summed E-state index contributed by atoms with van der Waals surface area (Å²) >= 11 is 0. The Hall–Kier alpha value is -4.57. The van der Waals surface area contributed by atoms with Gasteiger partial charge in [0.2, 0.25) is 5.95 Å². The zero-order chi connectivity index (χ0) is 24.6. The smallest absolute Gasteiger partial charge is 0.349 e. The monoisotopic (exact) mass is 482 g/mol. The maximum atomic E-state index is 12.8. The van der Waals surface area contributed by atoms with Crippen LogP contribution >= 0.6 is 0 Å². The number of ketones is 1. The van der Waals surface area contributed by atoms with E-state index in [1.165, 1.54) is 6.92 Å². The second-order valence-electron chi connectivity index (χ2n) is 8.46. The van der Waals surface area contributed by atoms with E-state index in [1.54, 1.807) is 29.2 Å². The second kappa shape index (κ2) is 8.90. The largest absolute Gasteiger partial charge is 0.422 e. The number of hydrogen-bond donors (Lipinski definition) is 1. The molecule has 1 saturated heterocycles. The molecule has 3 aromatic heterocycles. The van der Waals surface area contributed by atoms with Gasteiger partial charge in [-0.15, -0.1) is 0 Å². The molecule has 0 atom stereocenters. The molecule has 36 heavy (non-hydrogen) atoms. The van der Waals surface area contributed by atoms with Crippen molar-refractivity contribution in [1.29, 1.82) is 0 Å². The molecule has 0 spiro atoms. The number of ether oxygens (including phenoxy) is 1. The van der Waals surface area contributed by atoms with Gasteiger partial charge in [0.1, 0.15) is 11.1 Å². The summed E-state index contributed by atoms with van der Waals surface area (Å²) in [4.78, 5) is 36.1. The Balaban J connectivity index is 1.38. The number of nitrogens with one attached hydrogen (secondary N) is 1. The predicted octanol–water partition coefficient (Wildman–Crippen LogP) is 3.70. The maximum Gasteiger partial charge on any atom is 0.349 e. The van der Waals surface area contributed by atoms with Crippen molar-refractivity contribution in [3.05, 3.63) is 76.9 Å². The average Bonchev–Trinajstić information content (AvgIpc) is 3.32. The van der Waals surface area contributed by atoms with Crippen molar-refractivity contribution in [3.63, 3.8) is 0 Å². The number of carbonyl (C=O) groups is 1. The summed E-state index contributed by atoms with van der Waals surface area (Å²) in [7, 11) is 0. The van der Waals surface area contributed by atoms with Crippen LogP contribution in [0.4, 0.5) is 17.3 Å². The number of anilines is 3. The van der Waals surface area contributed by atoms with E-state index in [2.05, 4.69) is 20.4 Å². The third-order valence-corrected chi connectivity index (χ3v) is 6.15. The van der Waals surface area contributed by atoms with Crippen LogP contribution in [-0.2, 0) is 4.74 Å². The Labute approximate surface area is 205 Å². The number of rotatable bonds is 5. The molecule has 0 amide bonds. The lowest BCUT2D eigenvalue weighted by molar-refractivity contribution is 0.101. The number of Topliss-reactive ketones (excluding diaryl/α,β-unsaturated/α-hetero) is 1. The Bertz CT molecular complexity index is 1670. The van der Waals surface area contributed by atoms with Crippen molar-refractivity contribution in [2.45, 2.75) is 6.92 Å². The molecule has 0 aliphatic carbocycles. The van der Waals surface area contributed by atoms with E-state index in [0.29, 0.717) is 60.4 Å². The van der Waals surface area contributed by atoms with E-state index in [4.69, 9.17) is 9.15 Å². The van der Waals surface area contributed by atoms with Crippen LogP contribution in [0.2, 0.25) is 0 Å². The molecule has 1 aliphatic heterocycles. The molecule has 1 N–H and O–H groups in total. The highest BCUT2D eigenvalue weighted by molar-refractivity contribution is 6.07. The number of fused-ring (bicyclic) bond motifs is 2. The van der Waals surface area contributed by atoms with E-state index >= 15 is 0 Å². The van der Waals surface area contributed by atoms with Gasteiger partial charge in [0.05, 0.1) is 30.6 Å². The summed E-state index contributed by atoms with van der Waals surface area (Å²) in [5.41, 5.74) is 1.94. The highest BCUT2D eigenvalue weighted by Crippen LogP contribution is 2.32. The minimum Gasteiger partial charge on any atom is -0.422 e. The number of morpholine rings is 1. The zero-order valence-electron chi connectivity index (χ0n) is 19.5. The lowest BCUT2D eigenvalue weighted by Gasteiger charge is -2.30. The highest BCUT2D eigenvalue weighted by Gasteiger charge is 2.24. The van der Waals surface area contributed by atoms with Gasteiger partial charge in [-0.1, -0.05) is 18.2 Å². The minimum absolute atomic E-state index is 0.0626. The van der Waals surface area contributed by atoms with Gasteiger partial charge >= 0.3 is 5.63 Å². The fourth-order valence-electron chi connectivity index (χ4n) is 4.50. The van der Waals surface area contributed by atoms with Gasteiger partial charge in [-0.05, 0) is 25.1 Å². The standard InChI is InChI=1S/C26H22N6O4/c1-16(33)23-24(31-10-12-35-13-11-31)19-7-6-18(14-21(19)36-25(23)34)29-26-27-9-8-22(30-26)32-20-5-3-2-4-17(20)15-28-32/h2-9,14-15H,10-13H2,1H3,(H,27,29,30). The zero-order valence-corrected chi connectivity index (χ0v) is 19.5. The van der Waals surface area contributed by atoms with Gasteiger partial charge in [-0.2, -0.15) is 10.1 Å². The molecule has 0 bridgehead atoms. The lowest BCUT2D eigenvalue weighted by atomic mass is 10.1. The number of hydrogen-bond acceptors (Lipinski definition) is 9. The quantitative estimate of drug-likeness (QED) is 0.296. The van der Waals surface area contributed by atoms with E-state index in [0.717, 1.165) is 10.9 Å². The fourth-order valence-corrected chi connectivity index (χ4v) is 4.50. The first-order valence-corrected chi connectivity index (χ1v) is 11.6. The molecule has 5 aromatic rings. The Morgan fingerprint density at radius 3 is 2.75 bits per heavy atom. The molecule has 2 aromatic carbocycles. The van der Waals surface area contributed by atoms with Crippen molar-refractivity contribution >= 4 is 45.0 Å². The van der Waals surface area contributed by atoms with Crippen LogP contribution in [0.15, 0.2) is 70.1 Å². The van der Waals surface area contributed by atoms with Gasteiger partial charge < -0.3 is 19.4 Å². The van der Waals surface area contributed by atoms with Gasteiger partial charge in [0.15, 0.2) is 11.6 Å². The molecule has 0 radical (unpaired) electrons. The number of aromatic nitrogens is 4. The third-order valence-electron chi connectivity index (χ3n) is 6.15. The third kappa shape index (κ3) is 3.87. The number of benzene rings is 2. The normalized spacial score (nSPS) is 13.9. The van der Waals surface area contributed by atoms with Crippen molar-refractivity contribution in [2.75, 3.05) is 36.5 Å². The van der Waals surface area contributed by atoms with Gasteiger partial charge in [0, 0.05) is 47.9 Å². The Kier molecular flexibility index (Phi) is 5.42. The molecule has 1 fully saturated rings. The van der Waals surface area contributed by atoms with E-state index < -0.39 is 5.63 Å². The lowest BCUT2D eigenvalue weighted by Crippen LogP contribution is -2.38. The van der Waals surface area contributed by atoms with E-state index in [1.807, 2.05) is 41.3 Å². The number of nitrogens with zero attached hydrogens (tertiary/aromatic N) is 5. The topological polar surface area (TPSA) is 115 Å². The summed E-state index contributed by atoms with van der Waals surface area (Å²) in [6, 6.07) is 15.1. The van der Waals surface area contributed by atoms with Crippen molar-refractivity contribution < 1.29 is 13.9 Å². The van der Waals surface area contributed by atoms with E-state index in [-0.39, 0.29) is 11.3 Å². The van der Waals surface area contributed by atoms with Crippen LogP contribution in [0, 0.1) is 0 Å². The minimum atomic E-state index is -0.655. The average molecular weight is 483 g/mol. The fraction of sp³-hybridized carbons (Fsp3) is 0.192. The first-order valence-electron chi connectivity index (χ1n) is 11.6. The summed E-state index contributed by atoms with van der Waals surface area (Å²) in [5.74, 6) is 0.648. The van der Waals surface area contributed by atoms with Crippen LogP contribution < -0.4 is 15.8 Å². The second-order valence-corrected chi connectivity index (χ2v) is 8.46. The summed E-state index contributed by atoms with van der Waals surface area (Å²) < 4.78 is 12.8. The van der Waals surface area contributed by atoms with E-state index in [9.17, 15) is 9.59 Å². The molecule has 0 unspecified atom stereocenters. The highest BCUT2D eigenvalue weighted by atomic mass is 16.5.